The molecule has 0 unspecified atom stereocenters. The van der Waals surface area contributed by atoms with E-state index in [2.05, 4.69) is 0 Å². The van der Waals surface area contributed by atoms with E-state index in [1.165, 1.54) is 23.8 Å². The highest BCUT2D eigenvalue weighted by molar-refractivity contribution is 5.86. The summed E-state index contributed by atoms with van der Waals surface area (Å²) in [5.41, 5.74) is 0. The number of carbonyl (C=O) groups excluding carboxylic acids is 2. The number of hydrogen-bond acceptors (Lipinski definition) is 3. The average molecular weight is 256 g/mol. The molecular weight excluding hydrogens is 236 g/mol. The predicted octanol–water partition coefficient (Wildman–Crippen LogP) is 0.320. The van der Waals surface area contributed by atoms with Gasteiger partial charge in [0.2, 0.25) is 11.8 Å². The van der Waals surface area contributed by atoms with Crippen molar-refractivity contribution in [3.63, 3.8) is 0 Å². The van der Waals surface area contributed by atoms with Crippen LogP contribution < -0.4 is 0 Å². The minimum Gasteiger partial charge on any atom is -0.480 e. The number of carboxylic acids is 1. The molecule has 0 atom stereocenters. The Labute approximate surface area is 107 Å². The van der Waals surface area contributed by atoms with Crippen molar-refractivity contribution in [1.29, 1.82) is 0 Å². The van der Waals surface area contributed by atoms with Gasteiger partial charge in [-0.25, -0.2) is 0 Å². The van der Waals surface area contributed by atoms with Gasteiger partial charge in [0.15, 0.2) is 0 Å². The summed E-state index contributed by atoms with van der Waals surface area (Å²) in [6.07, 6.45) is 3.75. The van der Waals surface area contributed by atoms with Crippen molar-refractivity contribution < 1.29 is 19.5 Å². The first-order valence-corrected chi connectivity index (χ1v) is 6.14. The Morgan fingerprint density at radius 2 is 1.72 bits per heavy atom. The van der Waals surface area contributed by atoms with Crippen LogP contribution in [0.4, 0.5) is 0 Å². The Balaban J connectivity index is 2.66. The van der Waals surface area contributed by atoms with Crippen molar-refractivity contribution in [3.05, 3.63) is 0 Å². The van der Waals surface area contributed by atoms with E-state index in [-0.39, 0.29) is 30.9 Å². The first kappa shape index (κ1) is 14.5. The molecule has 6 heteroatoms. The first-order valence-electron chi connectivity index (χ1n) is 6.14. The van der Waals surface area contributed by atoms with E-state index in [1.807, 2.05) is 0 Å². The fraction of sp³-hybridized carbons (Fsp3) is 0.750. The lowest BCUT2D eigenvalue weighted by atomic mass is 10.2. The molecular formula is C12H20N2O4. The minimum absolute atomic E-state index is 0.00829. The van der Waals surface area contributed by atoms with Gasteiger partial charge < -0.3 is 14.9 Å². The Bertz CT molecular complexity index is 337. The van der Waals surface area contributed by atoms with Crippen LogP contribution in [-0.2, 0) is 14.4 Å². The smallest absolute Gasteiger partial charge is 0.323 e. The molecule has 102 valence electrons. The minimum atomic E-state index is -1.01. The highest BCUT2D eigenvalue weighted by atomic mass is 16.4. The summed E-state index contributed by atoms with van der Waals surface area (Å²) in [5.74, 6) is -1.51. The third-order valence-electron chi connectivity index (χ3n) is 3.30. The highest BCUT2D eigenvalue weighted by Gasteiger charge is 2.28. The van der Waals surface area contributed by atoms with Gasteiger partial charge in [-0.3, -0.25) is 14.4 Å². The zero-order valence-electron chi connectivity index (χ0n) is 10.9. The largest absolute Gasteiger partial charge is 0.480 e. The number of hydrogen-bond donors (Lipinski definition) is 1. The van der Waals surface area contributed by atoms with Gasteiger partial charge in [0.05, 0.1) is 6.54 Å². The summed E-state index contributed by atoms with van der Waals surface area (Å²) in [6.45, 7) is 1.04. The maximum Gasteiger partial charge on any atom is 0.323 e. The third kappa shape index (κ3) is 4.01. The molecule has 0 aromatic carbocycles. The summed E-state index contributed by atoms with van der Waals surface area (Å²) in [4.78, 5) is 36.6. The average Bonchev–Trinajstić information content (AvgIpc) is 2.78. The van der Waals surface area contributed by atoms with Crippen molar-refractivity contribution in [2.45, 2.75) is 38.6 Å². The van der Waals surface area contributed by atoms with E-state index in [1.54, 1.807) is 0 Å². The maximum atomic E-state index is 12.0. The lowest BCUT2D eigenvalue weighted by molar-refractivity contribution is -0.147. The van der Waals surface area contributed by atoms with Crippen molar-refractivity contribution in [1.82, 2.24) is 9.80 Å². The van der Waals surface area contributed by atoms with Gasteiger partial charge in [-0.1, -0.05) is 12.8 Å². The highest BCUT2D eigenvalue weighted by Crippen LogP contribution is 2.23. The van der Waals surface area contributed by atoms with Crippen LogP contribution in [0.1, 0.15) is 32.6 Å². The molecule has 1 aliphatic rings. The van der Waals surface area contributed by atoms with E-state index in [0.717, 1.165) is 25.7 Å². The fourth-order valence-corrected chi connectivity index (χ4v) is 2.19. The van der Waals surface area contributed by atoms with Gasteiger partial charge in [-0.05, 0) is 12.8 Å². The van der Waals surface area contributed by atoms with Crippen molar-refractivity contribution in [2.24, 2.45) is 0 Å². The summed E-state index contributed by atoms with van der Waals surface area (Å²) in [5, 5.41) is 8.86. The summed E-state index contributed by atoms with van der Waals surface area (Å²) < 4.78 is 0. The molecule has 2 amide bonds. The molecule has 0 aliphatic heterocycles. The third-order valence-corrected chi connectivity index (χ3v) is 3.30. The number of likely N-dealkylation sites (N-methyl/N-ethyl adjacent to an activating group) is 1. The van der Waals surface area contributed by atoms with Gasteiger partial charge in [-0.2, -0.15) is 0 Å². The summed E-state index contributed by atoms with van der Waals surface area (Å²) in [7, 11) is 1.54. The molecule has 0 heterocycles. The van der Waals surface area contributed by atoms with Crippen LogP contribution >= 0.6 is 0 Å². The molecule has 0 aromatic rings. The molecule has 18 heavy (non-hydrogen) atoms. The zero-order chi connectivity index (χ0) is 13.7. The Hall–Kier alpha value is -1.59. The normalized spacial score (nSPS) is 15.4. The Morgan fingerprint density at radius 3 is 2.17 bits per heavy atom. The zero-order valence-corrected chi connectivity index (χ0v) is 10.9. The quantitative estimate of drug-likeness (QED) is 0.768. The van der Waals surface area contributed by atoms with Gasteiger partial charge >= 0.3 is 5.97 Å². The first-order chi connectivity index (χ1) is 8.41. The standard InChI is InChI=1S/C12H20N2O4/c1-9(15)13(2)7-11(16)14(8-12(17)18)10-5-3-4-6-10/h10H,3-8H2,1-2H3,(H,17,18). The van der Waals surface area contributed by atoms with E-state index < -0.39 is 5.97 Å². The van der Waals surface area contributed by atoms with Crippen LogP contribution in [-0.4, -0.2) is 58.9 Å². The van der Waals surface area contributed by atoms with Crippen molar-refractivity contribution >= 4 is 17.8 Å². The molecule has 0 bridgehead atoms. The van der Waals surface area contributed by atoms with Crippen LogP contribution in [0.25, 0.3) is 0 Å². The van der Waals surface area contributed by atoms with Crippen LogP contribution in [0.3, 0.4) is 0 Å². The van der Waals surface area contributed by atoms with Gasteiger partial charge in [0.1, 0.15) is 6.54 Å². The molecule has 1 rings (SSSR count). The van der Waals surface area contributed by atoms with Crippen LogP contribution in [0, 0.1) is 0 Å². The monoisotopic (exact) mass is 256 g/mol. The second kappa shape index (κ2) is 6.37. The second-order valence-electron chi connectivity index (χ2n) is 4.73. The van der Waals surface area contributed by atoms with Crippen LogP contribution in [0.15, 0.2) is 0 Å². The fourth-order valence-electron chi connectivity index (χ4n) is 2.19. The SMILES string of the molecule is CC(=O)N(C)CC(=O)N(CC(=O)O)C1CCCC1. The molecule has 1 N–H and O–H groups in total. The van der Waals surface area contributed by atoms with Gasteiger partial charge in [0.25, 0.3) is 0 Å². The predicted molar refractivity (Wildman–Crippen MR) is 64.9 cm³/mol. The number of carbonyl (C=O) groups is 3. The van der Waals surface area contributed by atoms with Crippen LogP contribution in [0.5, 0.6) is 0 Å². The molecule has 1 fully saturated rings. The summed E-state index contributed by atoms with van der Waals surface area (Å²) in [6, 6.07) is 0.00829. The molecule has 0 spiro atoms. The lowest BCUT2D eigenvalue weighted by Crippen LogP contribution is -2.47. The molecule has 0 aromatic heterocycles. The molecule has 0 radical (unpaired) electrons. The maximum absolute atomic E-state index is 12.0. The molecule has 0 saturated heterocycles. The number of aliphatic carboxylic acids is 1. The van der Waals surface area contributed by atoms with Gasteiger partial charge in [0, 0.05) is 20.0 Å². The van der Waals surface area contributed by atoms with E-state index >= 15 is 0 Å². The Morgan fingerprint density at radius 1 is 1.17 bits per heavy atom. The topological polar surface area (TPSA) is 77.9 Å². The van der Waals surface area contributed by atoms with Crippen molar-refractivity contribution in [3.8, 4) is 0 Å². The lowest BCUT2D eigenvalue weighted by Gasteiger charge is -2.29. The van der Waals surface area contributed by atoms with E-state index in [4.69, 9.17) is 5.11 Å². The molecule has 1 aliphatic carbocycles. The van der Waals surface area contributed by atoms with Crippen LogP contribution in [0.2, 0.25) is 0 Å². The molecule has 6 nitrogen and oxygen atoms in total. The van der Waals surface area contributed by atoms with Gasteiger partial charge in [-0.15, -0.1) is 0 Å². The molecule has 1 saturated carbocycles. The second-order valence-corrected chi connectivity index (χ2v) is 4.73. The summed E-state index contributed by atoms with van der Waals surface area (Å²) >= 11 is 0. The van der Waals surface area contributed by atoms with Crippen molar-refractivity contribution in [2.75, 3.05) is 20.1 Å². The number of nitrogens with zero attached hydrogens (tertiary/aromatic N) is 2. The van der Waals surface area contributed by atoms with E-state index in [9.17, 15) is 14.4 Å². The number of rotatable bonds is 5. The van der Waals surface area contributed by atoms with E-state index in [0.29, 0.717) is 0 Å². The Kier molecular flexibility index (Phi) is 5.12. The number of amides is 2. The number of carboxylic acid groups (broad SMARTS) is 1.